The minimum Gasteiger partial charge on any atom is -0.493 e. The Labute approximate surface area is 141 Å². The zero-order valence-electron chi connectivity index (χ0n) is 13.8. The zero-order chi connectivity index (χ0) is 17.4. The highest BCUT2D eigenvalue weighted by Gasteiger charge is 2.10. The molecule has 0 spiro atoms. The summed E-state index contributed by atoms with van der Waals surface area (Å²) in [7, 11) is 0. The van der Waals surface area contributed by atoms with Crippen LogP contribution in [-0.2, 0) is 9.53 Å². The number of hydrogen-bond donors (Lipinski definition) is 1. The molecule has 0 heterocycles. The normalized spacial score (nSPS) is 10.3. The molecule has 2 aromatic carbocycles. The maximum Gasteiger partial charge on any atom is 0.338 e. The van der Waals surface area contributed by atoms with Gasteiger partial charge in [0.15, 0.2) is 6.61 Å². The van der Waals surface area contributed by atoms with E-state index in [4.69, 9.17) is 9.47 Å². The molecule has 0 fully saturated rings. The van der Waals surface area contributed by atoms with Crippen LogP contribution in [0.5, 0.6) is 5.75 Å². The van der Waals surface area contributed by atoms with Crippen molar-refractivity contribution in [1.82, 2.24) is 0 Å². The van der Waals surface area contributed by atoms with Gasteiger partial charge in [-0.1, -0.05) is 32.0 Å². The molecule has 2 aromatic rings. The van der Waals surface area contributed by atoms with E-state index in [1.165, 1.54) is 0 Å². The molecule has 0 aliphatic rings. The average Bonchev–Trinajstić information content (AvgIpc) is 2.59. The Bertz CT molecular complexity index is 666. The molecule has 0 saturated heterocycles. The summed E-state index contributed by atoms with van der Waals surface area (Å²) in [6.45, 7) is 4.40. The van der Waals surface area contributed by atoms with Gasteiger partial charge < -0.3 is 14.8 Å². The van der Waals surface area contributed by atoms with E-state index >= 15 is 0 Å². The number of carbonyl (C=O) groups excluding carboxylic acids is 2. The number of carbonyl (C=O) groups is 2. The van der Waals surface area contributed by atoms with E-state index in [1.807, 2.05) is 18.2 Å². The van der Waals surface area contributed by atoms with E-state index < -0.39 is 5.97 Å². The number of hydrogen-bond acceptors (Lipinski definition) is 4. The van der Waals surface area contributed by atoms with Crippen LogP contribution in [0.25, 0.3) is 0 Å². The van der Waals surface area contributed by atoms with E-state index in [-0.39, 0.29) is 12.5 Å². The fourth-order valence-electron chi connectivity index (χ4n) is 1.88. The molecule has 0 unspecified atom stereocenters. The van der Waals surface area contributed by atoms with E-state index in [9.17, 15) is 9.59 Å². The minimum absolute atomic E-state index is 0.334. The number of anilines is 1. The van der Waals surface area contributed by atoms with Crippen molar-refractivity contribution in [2.24, 2.45) is 5.92 Å². The van der Waals surface area contributed by atoms with Gasteiger partial charge in [-0.05, 0) is 42.3 Å². The number of para-hydroxylation sites is 1. The van der Waals surface area contributed by atoms with Crippen molar-refractivity contribution in [3.8, 4) is 5.75 Å². The second-order valence-corrected chi connectivity index (χ2v) is 5.72. The molecule has 0 aromatic heterocycles. The summed E-state index contributed by atoms with van der Waals surface area (Å²) in [5.74, 6) is 0.194. The predicted molar refractivity (Wildman–Crippen MR) is 92.1 cm³/mol. The van der Waals surface area contributed by atoms with Gasteiger partial charge in [0.05, 0.1) is 12.2 Å². The number of amides is 1. The molecule has 0 atom stereocenters. The van der Waals surface area contributed by atoms with Crippen LogP contribution in [0.4, 0.5) is 5.69 Å². The van der Waals surface area contributed by atoms with Crippen molar-refractivity contribution >= 4 is 17.6 Å². The van der Waals surface area contributed by atoms with Crippen LogP contribution in [0.3, 0.4) is 0 Å². The fraction of sp³-hybridized carbons (Fsp3) is 0.263. The highest BCUT2D eigenvalue weighted by molar-refractivity contribution is 5.95. The third-order valence-corrected chi connectivity index (χ3v) is 3.07. The summed E-state index contributed by atoms with van der Waals surface area (Å²) >= 11 is 0. The lowest BCUT2D eigenvalue weighted by Gasteiger charge is -2.09. The fourth-order valence-corrected chi connectivity index (χ4v) is 1.88. The second-order valence-electron chi connectivity index (χ2n) is 5.72. The molecule has 126 valence electrons. The summed E-state index contributed by atoms with van der Waals surface area (Å²) in [5.41, 5.74) is 1.03. The smallest absolute Gasteiger partial charge is 0.338 e. The maximum atomic E-state index is 11.9. The van der Waals surface area contributed by atoms with Crippen LogP contribution in [0, 0.1) is 5.92 Å². The molecule has 5 heteroatoms. The van der Waals surface area contributed by atoms with Gasteiger partial charge in [-0.2, -0.15) is 0 Å². The first kappa shape index (κ1) is 17.5. The molecule has 2 rings (SSSR count). The number of esters is 1. The van der Waals surface area contributed by atoms with Crippen molar-refractivity contribution in [3.63, 3.8) is 0 Å². The Morgan fingerprint density at radius 1 is 1.00 bits per heavy atom. The standard InChI is InChI=1S/C19H21NO4/c1-14(2)12-23-17-10-8-15(9-11-17)19(22)24-13-18(21)20-16-6-4-3-5-7-16/h3-11,14H,12-13H2,1-2H3,(H,20,21). The molecular weight excluding hydrogens is 306 g/mol. The van der Waals surface area contributed by atoms with Crippen molar-refractivity contribution < 1.29 is 19.1 Å². The number of benzene rings is 2. The summed E-state index contributed by atoms with van der Waals surface area (Å²) in [5, 5.41) is 2.65. The van der Waals surface area contributed by atoms with E-state index in [2.05, 4.69) is 19.2 Å². The Kier molecular flexibility index (Phi) is 6.37. The highest BCUT2D eigenvalue weighted by atomic mass is 16.5. The third kappa shape index (κ3) is 5.76. The van der Waals surface area contributed by atoms with Gasteiger partial charge >= 0.3 is 5.97 Å². The first-order chi connectivity index (χ1) is 11.5. The average molecular weight is 327 g/mol. The Hall–Kier alpha value is -2.82. The van der Waals surface area contributed by atoms with Crippen molar-refractivity contribution in [3.05, 3.63) is 60.2 Å². The van der Waals surface area contributed by atoms with Gasteiger partial charge in [-0.15, -0.1) is 0 Å². The Morgan fingerprint density at radius 2 is 1.67 bits per heavy atom. The second kappa shape index (κ2) is 8.72. The Morgan fingerprint density at radius 3 is 2.29 bits per heavy atom. The van der Waals surface area contributed by atoms with Crippen LogP contribution in [0.2, 0.25) is 0 Å². The lowest BCUT2D eigenvalue weighted by molar-refractivity contribution is -0.119. The van der Waals surface area contributed by atoms with Gasteiger partial charge in [0.1, 0.15) is 5.75 Å². The quantitative estimate of drug-likeness (QED) is 0.790. The van der Waals surface area contributed by atoms with Crippen molar-refractivity contribution in [1.29, 1.82) is 0 Å². The van der Waals surface area contributed by atoms with Crippen molar-refractivity contribution in [2.75, 3.05) is 18.5 Å². The Balaban J connectivity index is 1.80. The van der Waals surface area contributed by atoms with E-state index in [1.54, 1.807) is 36.4 Å². The molecular formula is C19H21NO4. The van der Waals surface area contributed by atoms with Gasteiger partial charge in [0.25, 0.3) is 5.91 Å². The van der Waals surface area contributed by atoms with Crippen LogP contribution in [0.1, 0.15) is 24.2 Å². The number of ether oxygens (including phenoxy) is 2. The lowest BCUT2D eigenvalue weighted by atomic mass is 10.2. The first-order valence-electron chi connectivity index (χ1n) is 7.79. The van der Waals surface area contributed by atoms with Crippen LogP contribution in [-0.4, -0.2) is 25.1 Å². The monoisotopic (exact) mass is 327 g/mol. The summed E-state index contributed by atoms with van der Waals surface area (Å²) in [4.78, 5) is 23.7. The van der Waals surface area contributed by atoms with Gasteiger partial charge in [0, 0.05) is 5.69 Å². The van der Waals surface area contributed by atoms with Gasteiger partial charge in [-0.3, -0.25) is 4.79 Å². The van der Waals surface area contributed by atoms with Crippen LogP contribution in [0.15, 0.2) is 54.6 Å². The molecule has 1 amide bonds. The van der Waals surface area contributed by atoms with Gasteiger partial charge in [0.2, 0.25) is 0 Å². The molecule has 0 aliphatic heterocycles. The van der Waals surface area contributed by atoms with Crippen LogP contribution < -0.4 is 10.1 Å². The van der Waals surface area contributed by atoms with Gasteiger partial charge in [-0.25, -0.2) is 4.79 Å². The molecule has 0 radical (unpaired) electrons. The number of nitrogens with one attached hydrogen (secondary N) is 1. The van der Waals surface area contributed by atoms with Crippen LogP contribution >= 0.6 is 0 Å². The zero-order valence-corrected chi connectivity index (χ0v) is 13.8. The topological polar surface area (TPSA) is 64.6 Å². The summed E-state index contributed by atoms with van der Waals surface area (Å²) in [6, 6.07) is 15.6. The molecule has 1 N–H and O–H groups in total. The third-order valence-electron chi connectivity index (χ3n) is 3.07. The highest BCUT2D eigenvalue weighted by Crippen LogP contribution is 2.14. The summed E-state index contributed by atoms with van der Waals surface area (Å²) < 4.78 is 10.6. The maximum absolute atomic E-state index is 11.9. The largest absolute Gasteiger partial charge is 0.493 e. The van der Waals surface area contributed by atoms with E-state index in [0.717, 1.165) is 0 Å². The molecule has 0 bridgehead atoms. The molecule has 0 aliphatic carbocycles. The summed E-state index contributed by atoms with van der Waals surface area (Å²) in [6.07, 6.45) is 0. The molecule has 24 heavy (non-hydrogen) atoms. The first-order valence-corrected chi connectivity index (χ1v) is 7.79. The predicted octanol–water partition coefficient (Wildman–Crippen LogP) is 3.52. The molecule has 5 nitrogen and oxygen atoms in total. The SMILES string of the molecule is CC(C)COc1ccc(C(=O)OCC(=O)Nc2ccccc2)cc1. The minimum atomic E-state index is -0.548. The number of rotatable bonds is 7. The lowest BCUT2D eigenvalue weighted by Crippen LogP contribution is -2.20. The van der Waals surface area contributed by atoms with E-state index in [0.29, 0.717) is 29.5 Å². The van der Waals surface area contributed by atoms with Crippen molar-refractivity contribution in [2.45, 2.75) is 13.8 Å². The molecule has 0 saturated carbocycles.